The first-order chi connectivity index (χ1) is 12.3. The molecule has 0 aliphatic rings. The molecule has 0 radical (unpaired) electrons. The van der Waals surface area contributed by atoms with Crippen LogP contribution in [0.1, 0.15) is 20.8 Å². The van der Waals surface area contributed by atoms with E-state index in [0.717, 1.165) is 26.0 Å². The molecule has 2 aromatic carbocycles. The summed E-state index contributed by atoms with van der Waals surface area (Å²) in [5, 5.41) is 4.76. The molecular weight excluding hydrogens is 410 g/mol. The standard InChI is InChI=1S/C20H20BrN3OS/c1-20(2,3)24-17(25)12-26-19-15-6-4-5-7-16(15)22-18(23-19)13-8-10-14(21)11-9-13/h4-11H,12H2,1-3H3,(H,24,25). The summed E-state index contributed by atoms with van der Waals surface area (Å²) < 4.78 is 1.01. The smallest absolute Gasteiger partial charge is 0.230 e. The largest absolute Gasteiger partial charge is 0.351 e. The average molecular weight is 430 g/mol. The van der Waals surface area contributed by atoms with Gasteiger partial charge in [-0.25, -0.2) is 9.97 Å². The number of carbonyl (C=O) groups excluding carboxylic acids is 1. The maximum Gasteiger partial charge on any atom is 0.230 e. The molecule has 134 valence electrons. The predicted octanol–water partition coefficient (Wildman–Crippen LogP) is 5.07. The van der Waals surface area contributed by atoms with Gasteiger partial charge in [-0.3, -0.25) is 4.79 Å². The Balaban J connectivity index is 1.93. The number of hydrogen-bond donors (Lipinski definition) is 1. The molecule has 0 atom stereocenters. The molecule has 1 heterocycles. The van der Waals surface area contributed by atoms with E-state index in [1.54, 1.807) is 0 Å². The maximum absolute atomic E-state index is 12.2. The number of nitrogens with zero attached hydrogens (tertiary/aromatic N) is 2. The second kappa shape index (κ2) is 7.76. The van der Waals surface area contributed by atoms with E-state index in [4.69, 9.17) is 4.98 Å². The van der Waals surface area contributed by atoms with Crippen LogP contribution in [-0.4, -0.2) is 27.2 Å². The fourth-order valence-corrected chi connectivity index (χ4v) is 3.56. The van der Waals surface area contributed by atoms with E-state index < -0.39 is 0 Å². The van der Waals surface area contributed by atoms with E-state index in [0.29, 0.717) is 11.6 Å². The molecule has 1 aromatic heterocycles. The third kappa shape index (κ3) is 4.83. The van der Waals surface area contributed by atoms with Crippen molar-refractivity contribution in [1.82, 2.24) is 15.3 Å². The topological polar surface area (TPSA) is 54.9 Å². The highest BCUT2D eigenvalue weighted by molar-refractivity contribution is 9.10. The molecule has 1 N–H and O–H groups in total. The maximum atomic E-state index is 12.2. The van der Waals surface area contributed by atoms with Gasteiger partial charge in [0.05, 0.1) is 11.3 Å². The fraction of sp³-hybridized carbons (Fsp3) is 0.250. The van der Waals surface area contributed by atoms with Crippen molar-refractivity contribution in [2.75, 3.05) is 5.75 Å². The van der Waals surface area contributed by atoms with Crippen LogP contribution in [0.25, 0.3) is 22.3 Å². The van der Waals surface area contributed by atoms with E-state index in [9.17, 15) is 4.79 Å². The molecule has 0 bridgehead atoms. The van der Waals surface area contributed by atoms with Crippen molar-refractivity contribution in [2.24, 2.45) is 0 Å². The van der Waals surface area contributed by atoms with Gasteiger partial charge in [-0.15, -0.1) is 0 Å². The SMILES string of the molecule is CC(C)(C)NC(=O)CSc1nc(-c2ccc(Br)cc2)nc2ccccc12. The van der Waals surface area contributed by atoms with Crippen LogP contribution in [0, 0.1) is 0 Å². The van der Waals surface area contributed by atoms with Gasteiger partial charge in [0, 0.05) is 21.0 Å². The molecule has 3 aromatic rings. The molecule has 0 unspecified atom stereocenters. The van der Waals surface area contributed by atoms with Crippen molar-refractivity contribution in [3.8, 4) is 11.4 Å². The number of halogens is 1. The second-order valence-electron chi connectivity index (χ2n) is 6.96. The van der Waals surface area contributed by atoms with Crippen LogP contribution in [0.4, 0.5) is 0 Å². The minimum Gasteiger partial charge on any atom is -0.351 e. The number of rotatable bonds is 4. The van der Waals surface area contributed by atoms with Gasteiger partial charge in [0.2, 0.25) is 5.91 Å². The average Bonchev–Trinajstić information content (AvgIpc) is 2.58. The number of fused-ring (bicyclic) bond motifs is 1. The number of para-hydroxylation sites is 1. The number of carbonyl (C=O) groups is 1. The molecular formula is C20H20BrN3OS. The zero-order chi connectivity index (χ0) is 18.7. The predicted molar refractivity (Wildman–Crippen MR) is 111 cm³/mol. The van der Waals surface area contributed by atoms with Crippen LogP contribution < -0.4 is 5.32 Å². The first-order valence-corrected chi connectivity index (χ1v) is 10.1. The summed E-state index contributed by atoms with van der Waals surface area (Å²) in [4.78, 5) is 21.6. The molecule has 3 rings (SSSR count). The van der Waals surface area contributed by atoms with Gasteiger partial charge < -0.3 is 5.32 Å². The number of hydrogen-bond acceptors (Lipinski definition) is 4. The fourth-order valence-electron chi connectivity index (χ4n) is 2.47. The third-order valence-corrected chi connectivity index (χ3v) is 5.04. The first-order valence-electron chi connectivity index (χ1n) is 8.28. The van der Waals surface area contributed by atoms with E-state index in [2.05, 4.69) is 26.2 Å². The Kier molecular flexibility index (Phi) is 5.63. The molecule has 0 fully saturated rings. The number of aromatic nitrogens is 2. The quantitative estimate of drug-likeness (QED) is 0.464. The molecule has 0 aliphatic heterocycles. The van der Waals surface area contributed by atoms with E-state index in [1.807, 2.05) is 69.3 Å². The normalized spacial score (nSPS) is 11.5. The van der Waals surface area contributed by atoms with Crippen molar-refractivity contribution in [3.63, 3.8) is 0 Å². The highest BCUT2D eigenvalue weighted by Gasteiger charge is 2.16. The van der Waals surface area contributed by atoms with Crippen LogP contribution in [0.3, 0.4) is 0 Å². The van der Waals surface area contributed by atoms with Crippen LogP contribution in [0.5, 0.6) is 0 Å². The molecule has 6 heteroatoms. The Bertz CT molecular complexity index is 936. The lowest BCUT2D eigenvalue weighted by molar-refractivity contribution is -0.119. The van der Waals surface area contributed by atoms with Gasteiger partial charge in [-0.2, -0.15) is 0 Å². The second-order valence-corrected chi connectivity index (χ2v) is 8.84. The Morgan fingerprint density at radius 1 is 1.08 bits per heavy atom. The Labute approximate surface area is 166 Å². The Morgan fingerprint density at radius 2 is 1.77 bits per heavy atom. The zero-order valence-electron chi connectivity index (χ0n) is 14.9. The van der Waals surface area contributed by atoms with Gasteiger partial charge in [0.25, 0.3) is 0 Å². The van der Waals surface area contributed by atoms with Gasteiger partial charge >= 0.3 is 0 Å². The molecule has 26 heavy (non-hydrogen) atoms. The van der Waals surface area contributed by atoms with Gasteiger partial charge in [0.1, 0.15) is 5.03 Å². The monoisotopic (exact) mass is 429 g/mol. The van der Waals surface area contributed by atoms with Gasteiger partial charge in [0.15, 0.2) is 5.82 Å². The van der Waals surface area contributed by atoms with Crippen molar-refractivity contribution < 1.29 is 4.79 Å². The minimum atomic E-state index is -0.242. The van der Waals surface area contributed by atoms with Crippen molar-refractivity contribution in [3.05, 3.63) is 53.0 Å². The molecule has 4 nitrogen and oxygen atoms in total. The van der Waals surface area contributed by atoms with Crippen LogP contribution >= 0.6 is 27.7 Å². The van der Waals surface area contributed by atoms with Crippen LogP contribution in [0.2, 0.25) is 0 Å². The van der Waals surface area contributed by atoms with Crippen molar-refractivity contribution in [2.45, 2.75) is 31.3 Å². The third-order valence-electron chi connectivity index (χ3n) is 3.53. The summed E-state index contributed by atoms with van der Waals surface area (Å²) >= 11 is 4.89. The van der Waals surface area contributed by atoms with Crippen molar-refractivity contribution in [1.29, 1.82) is 0 Å². The Morgan fingerprint density at radius 3 is 2.46 bits per heavy atom. The van der Waals surface area contributed by atoms with Crippen LogP contribution in [0.15, 0.2) is 58.0 Å². The van der Waals surface area contributed by atoms with E-state index in [1.165, 1.54) is 11.8 Å². The molecule has 0 spiro atoms. The lowest BCUT2D eigenvalue weighted by atomic mass is 10.1. The molecule has 0 aliphatic carbocycles. The lowest BCUT2D eigenvalue weighted by Gasteiger charge is -2.20. The molecule has 1 amide bonds. The summed E-state index contributed by atoms with van der Waals surface area (Å²) in [5.74, 6) is 0.975. The first kappa shape index (κ1) is 18.9. The van der Waals surface area contributed by atoms with Gasteiger partial charge in [-0.1, -0.05) is 58.0 Å². The van der Waals surface area contributed by atoms with Gasteiger partial charge in [-0.05, 0) is 39.0 Å². The Hall–Kier alpha value is -1.92. The minimum absolute atomic E-state index is 0.00427. The summed E-state index contributed by atoms with van der Waals surface area (Å²) in [6.45, 7) is 5.92. The summed E-state index contributed by atoms with van der Waals surface area (Å²) in [6.07, 6.45) is 0. The number of thioether (sulfide) groups is 1. The molecule has 0 saturated carbocycles. The van der Waals surface area contributed by atoms with Crippen LogP contribution in [-0.2, 0) is 4.79 Å². The lowest BCUT2D eigenvalue weighted by Crippen LogP contribution is -2.41. The molecule has 0 saturated heterocycles. The van der Waals surface area contributed by atoms with E-state index in [-0.39, 0.29) is 11.4 Å². The van der Waals surface area contributed by atoms with Crippen molar-refractivity contribution >= 4 is 44.5 Å². The highest BCUT2D eigenvalue weighted by Crippen LogP contribution is 2.28. The summed E-state index contributed by atoms with van der Waals surface area (Å²) in [7, 11) is 0. The highest BCUT2D eigenvalue weighted by atomic mass is 79.9. The van der Waals surface area contributed by atoms with E-state index >= 15 is 0 Å². The summed E-state index contributed by atoms with van der Waals surface area (Å²) in [6, 6.07) is 15.8. The number of benzene rings is 2. The zero-order valence-corrected chi connectivity index (χ0v) is 17.3. The number of nitrogens with one attached hydrogen (secondary N) is 1. The summed E-state index contributed by atoms with van der Waals surface area (Å²) in [5.41, 5.74) is 1.58. The number of amides is 1.